The maximum absolute atomic E-state index is 13.8. The van der Waals surface area contributed by atoms with Gasteiger partial charge in [0.1, 0.15) is 30.0 Å². The number of aliphatic hydroxyl groups is 1. The third kappa shape index (κ3) is 23.3. The first-order valence-corrected chi connectivity index (χ1v) is 22.3. The number of H-pyrrole nitrogens is 1. The Morgan fingerprint density at radius 3 is 2.10 bits per heavy atom. The number of hydrogen-bond donors (Lipinski definition) is 12. The lowest BCUT2D eigenvalue weighted by molar-refractivity contribution is -0.138. The van der Waals surface area contributed by atoms with Crippen LogP contribution in [-0.2, 0) is 58.5 Å². The SMILES string of the molecule is CCCCCN(CC(=O)N[C@@H](CC(C)C)C(=O)N[C@@H](Cc1ncc[nH]1)C(=O)N[C@@H](CO)C(=O)N[C@H](C(N)=O)[C@@H](C)OP(=O)(O)O)C(=O)CCOCCOCCNC(=O)[C@@H](N)CS. The van der Waals surface area contributed by atoms with Crippen LogP contribution >= 0.6 is 20.5 Å². The molecule has 0 aliphatic rings. The van der Waals surface area contributed by atoms with Gasteiger partial charge in [0.2, 0.25) is 41.4 Å². The zero-order valence-corrected chi connectivity index (χ0v) is 37.4. The predicted molar refractivity (Wildman–Crippen MR) is 226 cm³/mol. The van der Waals surface area contributed by atoms with Crippen LogP contribution in [0.15, 0.2) is 12.4 Å². The largest absolute Gasteiger partial charge is 0.469 e. The topological polar surface area (TPSA) is 369 Å². The number of phosphoric acid groups is 1. The minimum Gasteiger partial charge on any atom is -0.394 e. The third-order valence-electron chi connectivity index (χ3n) is 8.77. The second-order valence-electron chi connectivity index (χ2n) is 14.6. The van der Waals surface area contributed by atoms with Gasteiger partial charge in [-0.25, -0.2) is 9.55 Å². The number of ether oxygens (including phenoxy) is 2. The number of nitrogens with two attached hydrogens (primary N) is 2. The van der Waals surface area contributed by atoms with Crippen LogP contribution in [0.3, 0.4) is 0 Å². The lowest BCUT2D eigenvalue weighted by Gasteiger charge is -2.27. The lowest BCUT2D eigenvalue weighted by atomic mass is 10.0. The number of hydrogen-bond acceptors (Lipinski definition) is 15. The molecule has 0 aliphatic heterocycles. The molecule has 26 heteroatoms. The number of nitrogens with zero attached hydrogens (tertiary/aromatic N) is 2. The van der Waals surface area contributed by atoms with Crippen LogP contribution in [0.25, 0.3) is 0 Å². The van der Waals surface area contributed by atoms with Gasteiger partial charge in [-0.15, -0.1) is 0 Å². The summed E-state index contributed by atoms with van der Waals surface area (Å²) in [5, 5.41) is 22.2. The van der Waals surface area contributed by atoms with E-state index in [2.05, 4.69) is 53.7 Å². The summed E-state index contributed by atoms with van der Waals surface area (Å²) in [7, 11) is -5.12. The monoisotopic (exact) mass is 924 g/mol. The van der Waals surface area contributed by atoms with Crippen molar-refractivity contribution in [2.24, 2.45) is 17.4 Å². The van der Waals surface area contributed by atoms with E-state index >= 15 is 0 Å². The van der Waals surface area contributed by atoms with E-state index in [0.29, 0.717) is 6.42 Å². The van der Waals surface area contributed by atoms with Crippen LogP contribution in [0.2, 0.25) is 0 Å². The first-order valence-electron chi connectivity index (χ1n) is 20.1. The number of carbonyl (C=O) groups is 7. The standard InChI is InChI=1S/C36H65N10O14PS/c1-5-6-7-12-46(30(49)8-13-58-15-16-59-14-11-41-33(51)24(37)21-62)19-29(48)42-25(17-22(2)3)34(52)43-26(18-28-39-9-10-40-28)35(53)44-27(20-47)36(54)45-31(32(38)50)23(4)60-61(55,56)57/h9-10,22-27,31,47,62H,5-8,11-21,37H2,1-4H3,(H2,38,50)(H,39,40)(H,41,51)(H,42,48)(H,43,52)(H,44,53)(H,45,54)(H2,55,56,57)/t23-,24+,25+,26+,27+,31+/m1/s1. The van der Waals surface area contributed by atoms with Gasteiger partial charge in [0, 0.05) is 37.7 Å². The predicted octanol–water partition coefficient (Wildman–Crippen LogP) is -3.27. The number of carbonyl (C=O) groups excluding carboxylic acids is 7. The van der Waals surface area contributed by atoms with Crippen LogP contribution in [0, 0.1) is 5.92 Å². The molecule has 7 amide bonds. The summed E-state index contributed by atoms with van der Waals surface area (Å²) < 4.78 is 26.7. The molecule has 0 radical (unpaired) electrons. The van der Waals surface area contributed by atoms with Gasteiger partial charge in [0.05, 0.1) is 58.1 Å². The molecule has 1 heterocycles. The average molecular weight is 925 g/mol. The minimum atomic E-state index is -5.12. The number of aliphatic hydroxyl groups excluding tert-OH is 1. The second kappa shape index (κ2) is 30.0. The van der Waals surface area contributed by atoms with Crippen molar-refractivity contribution >= 4 is 61.8 Å². The fourth-order valence-electron chi connectivity index (χ4n) is 5.56. The third-order valence-corrected chi connectivity index (χ3v) is 9.77. The number of primary amides is 1. The fraction of sp³-hybridized carbons (Fsp3) is 0.722. The van der Waals surface area contributed by atoms with Gasteiger partial charge in [-0.3, -0.25) is 38.1 Å². The zero-order chi connectivity index (χ0) is 46.8. The molecule has 6 atom stereocenters. The van der Waals surface area contributed by atoms with E-state index in [1.165, 1.54) is 17.3 Å². The molecule has 0 unspecified atom stereocenters. The molecule has 1 aromatic rings. The number of aromatic nitrogens is 2. The number of nitrogens with one attached hydrogen (secondary N) is 6. The van der Waals surface area contributed by atoms with Crippen LogP contribution in [0.4, 0.5) is 0 Å². The van der Waals surface area contributed by atoms with Crippen molar-refractivity contribution in [1.29, 1.82) is 0 Å². The Morgan fingerprint density at radius 1 is 0.903 bits per heavy atom. The fourth-order valence-corrected chi connectivity index (χ4v) is 6.28. The normalized spacial score (nSPS) is 14.4. The highest BCUT2D eigenvalue weighted by molar-refractivity contribution is 7.80. The van der Waals surface area contributed by atoms with Crippen molar-refractivity contribution in [2.45, 2.75) is 103 Å². The summed E-state index contributed by atoms with van der Waals surface area (Å²) in [4.78, 5) is 117. The number of unbranched alkanes of at least 4 members (excludes halogenated alkanes) is 2. The maximum Gasteiger partial charge on any atom is 0.469 e. The Hall–Kier alpha value is -4.20. The lowest BCUT2D eigenvalue weighted by Crippen LogP contribution is -2.61. The van der Waals surface area contributed by atoms with Crippen molar-refractivity contribution in [3.05, 3.63) is 18.2 Å². The molecule has 354 valence electrons. The molecule has 1 aromatic heterocycles. The number of phosphoric ester groups is 1. The summed E-state index contributed by atoms with van der Waals surface area (Å²) in [6, 6.07) is -6.90. The van der Waals surface area contributed by atoms with Crippen LogP contribution in [0.1, 0.15) is 65.6 Å². The average Bonchev–Trinajstić information content (AvgIpc) is 3.71. The van der Waals surface area contributed by atoms with E-state index in [9.17, 15) is 43.2 Å². The highest BCUT2D eigenvalue weighted by Gasteiger charge is 2.35. The molecule has 62 heavy (non-hydrogen) atoms. The first-order chi connectivity index (χ1) is 29.2. The molecule has 0 saturated heterocycles. The number of aromatic amines is 1. The molecule has 1 rings (SSSR count). The van der Waals surface area contributed by atoms with E-state index < -0.39 is 80.3 Å². The second-order valence-corrected chi connectivity index (χ2v) is 16.1. The van der Waals surface area contributed by atoms with E-state index in [4.69, 9.17) is 30.7 Å². The van der Waals surface area contributed by atoms with E-state index in [1.54, 1.807) is 13.8 Å². The van der Waals surface area contributed by atoms with Crippen molar-refractivity contribution < 1.29 is 67.0 Å². The van der Waals surface area contributed by atoms with Crippen molar-refractivity contribution in [1.82, 2.24) is 41.5 Å². The van der Waals surface area contributed by atoms with Gasteiger partial charge in [0.25, 0.3) is 0 Å². The number of amides is 7. The molecular weight excluding hydrogens is 859 g/mol. The Labute approximate surface area is 366 Å². The Balaban J connectivity index is 3.01. The smallest absolute Gasteiger partial charge is 0.394 e. The molecule has 0 aliphatic carbocycles. The van der Waals surface area contributed by atoms with Gasteiger partial charge < -0.3 is 72.3 Å². The number of imidazole rings is 1. The van der Waals surface area contributed by atoms with Crippen LogP contribution < -0.4 is 38.1 Å². The summed E-state index contributed by atoms with van der Waals surface area (Å²) in [5.41, 5.74) is 10.9. The summed E-state index contributed by atoms with van der Waals surface area (Å²) in [6.45, 7) is 6.46. The highest BCUT2D eigenvalue weighted by Crippen LogP contribution is 2.38. The minimum absolute atomic E-state index is 0.0349. The molecule has 0 aromatic carbocycles. The first kappa shape index (κ1) is 55.8. The van der Waals surface area contributed by atoms with Gasteiger partial charge >= 0.3 is 7.82 Å². The number of thiol groups is 1. The van der Waals surface area contributed by atoms with E-state index in [0.717, 1.165) is 19.8 Å². The Morgan fingerprint density at radius 2 is 1.53 bits per heavy atom. The highest BCUT2D eigenvalue weighted by atomic mass is 32.1. The Bertz CT molecular complexity index is 1610. The molecule has 24 nitrogen and oxygen atoms in total. The quantitative estimate of drug-likeness (QED) is 0.0187. The van der Waals surface area contributed by atoms with Gasteiger partial charge in [0.15, 0.2) is 0 Å². The van der Waals surface area contributed by atoms with Gasteiger partial charge in [-0.1, -0.05) is 33.6 Å². The maximum atomic E-state index is 13.8. The zero-order valence-electron chi connectivity index (χ0n) is 35.6. The van der Waals surface area contributed by atoms with Crippen molar-refractivity contribution in [3.63, 3.8) is 0 Å². The van der Waals surface area contributed by atoms with Gasteiger partial charge in [-0.2, -0.15) is 12.6 Å². The molecule has 0 saturated carbocycles. The molecule has 0 spiro atoms. The van der Waals surface area contributed by atoms with E-state index in [1.807, 2.05) is 6.92 Å². The molecular formula is C36H65N10O14PS. The van der Waals surface area contributed by atoms with Crippen molar-refractivity contribution in [3.8, 4) is 0 Å². The molecule has 13 N–H and O–H groups in total. The molecule has 0 fully saturated rings. The van der Waals surface area contributed by atoms with E-state index in [-0.39, 0.29) is 94.6 Å². The summed E-state index contributed by atoms with van der Waals surface area (Å²) >= 11 is 3.98. The van der Waals surface area contributed by atoms with Crippen LogP contribution in [-0.4, -0.2) is 166 Å². The summed E-state index contributed by atoms with van der Waals surface area (Å²) in [5.74, 6) is -5.21. The van der Waals surface area contributed by atoms with Gasteiger partial charge in [-0.05, 0) is 25.7 Å². The Kier molecular flexibility index (Phi) is 27.0. The summed E-state index contributed by atoms with van der Waals surface area (Å²) in [6.07, 6.45) is 3.35. The van der Waals surface area contributed by atoms with Crippen molar-refractivity contribution in [2.75, 3.05) is 58.4 Å². The van der Waals surface area contributed by atoms with Crippen LogP contribution in [0.5, 0.6) is 0 Å². The number of rotatable bonds is 33. The molecule has 0 bridgehead atoms.